The number of likely N-dealkylation sites (N-methyl/N-ethyl adjacent to an activating group) is 1. The molecule has 0 spiro atoms. The molecule has 1 heterocycles. The fraction of sp³-hybridized carbons (Fsp3) is 0.200. The van der Waals surface area contributed by atoms with Crippen LogP contribution in [-0.4, -0.2) is 31.6 Å². The minimum absolute atomic E-state index is 0.129. The SMILES string of the molecule is C=CCOc1ccc(C(=O)Nc2ccc3c(c2)N(C)C(=O)[C@H](C)O3)cc1. The number of anilines is 2. The van der Waals surface area contributed by atoms with E-state index < -0.39 is 6.10 Å². The summed E-state index contributed by atoms with van der Waals surface area (Å²) < 4.78 is 11.0. The molecule has 0 aliphatic carbocycles. The summed E-state index contributed by atoms with van der Waals surface area (Å²) in [5, 5.41) is 2.83. The quantitative estimate of drug-likeness (QED) is 0.839. The van der Waals surface area contributed by atoms with Crippen molar-refractivity contribution >= 4 is 23.2 Å². The van der Waals surface area contributed by atoms with Crippen LogP contribution in [0, 0.1) is 0 Å². The van der Waals surface area contributed by atoms with Gasteiger partial charge in [-0.1, -0.05) is 12.7 Å². The van der Waals surface area contributed by atoms with Gasteiger partial charge in [0.2, 0.25) is 0 Å². The monoisotopic (exact) mass is 352 g/mol. The van der Waals surface area contributed by atoms with Gasteiger partial charge < -0.3 is 19.7 Å². The van der Waals surface area contributed by atoms with Gasteiger partial charge in [0, 0.05) is 18.3 Å². The number of fused-ring (bicyclic) bond motifs is 1. The Hall–Kier alpha value is -3.28. The lowest BCUT2D eigenvalue weighted by Gasteiger charge is -2.30. The lowest BCUT2D eigenvalue weighted by atomic mass is 10.1. The second kappa shape index (κ2) is 7.31. The molecule has 3 rings (SSSR count). The maximum Gasteiger partial charge on any atom is 0.267 e. The molecule has 0 saturated heterocycles. The Morgan fingerprint density at radius 3 is 2.73 bits per heavy atom. The number of hydrogen-bond acceptors (Lipinski definition) is 4. The largest absolute Gasteiger partial charge is 0.490 e. The zero-order valence-corrected chi connectivity index (χ0v) is 14.7. The summed E-state index contributed by atoms with van der Waals surface area (Å²) in [6, 6.07) is 12.0. The fourth-order valence-electron chi connectivity index (χ4n) is 2.65. The van der Waals surface area contributed by atoms with E-state index >= 15 is 0 Å². The number of amides is 2. The molecule has 26 heavy (non-hydrogen) atoms. The second-order valence-corrected chi connectivity index (χ2v) is 5.92. The molecule has 0 aromatic heterocycles. The molecule has 1 N–H and O–H groups in total. The normalized spacial score (nSPS) is 15.7. The molecule has 6 heteroatoms. The van der Waals surface area contributed by atoms with Crippen LogP contribution in [0.15, 0.2) is 55.1 Å². The fourth-order valence-corrected chi connectivity index (χ4v) is 2.65. The van der Waals surface area contributed by atoms with Crippen molar-refractivity contribution < 1.29 is 19.1 Å². The molecule has 0 fully saturated rings. The maximum atomic E-state index is 12.4. The molecule has 0 saturated carbocycles. The Labute approximate surface area is 152 Å². The Balaban J connectivity index is 1.74. The highest BCUT2D eigenvalue weighted by Gasteiger charge is 2.29. The van der Waals surface area contributed by atoms with Crippen LogP contribution in [0.4, 0.5) is 11.4 Å². The Kier molecular flexibility index (Phi) is 4.93. The summed E-state index contributed by atoms with van der Waals surface area (Å²) >= 11 is 0. The molecule has 1 aliphatic heterocycles. The minimum Gasteiger partial charge on any atom is -0.490 e. The molecule has 2 amide bonds. The Morgan fingerprint density at radius 1 is 1.31 bits per heavy atom. The smallest absolute Gasteiger partial charge is 0.267 e. The van der Waals surface area contributed by atoms with E-state index in [0.29, 0.717) is 35.0 Å². The van der Waals surface area contributed by atoms with Crippen LogP contribution in [0.25, 0.3) is 0 Å². The molecule has 0 radical (unpaired) electrons. The van der Waals surface area contributed by atoms with Crippen LogP contribution in [0.3, 0.4) is 0 Å². The van der Waals surface area contributed by atoms with Crippen molar-refractivity contribution in [1.82, 2.24) is 0 Å². The van der Waals surface area contributed by atoms with Crippen LogP contribution in [0.2, 0.25) is 0 Å². The molecule has 2 aromatic rings. The summed E-state index contributed by atoms with van der Waals surface area (Å²) in [6.07, 6.45) is 1.14. The van der Waals surface area contributed by atoms with Crippen molar-refractivity contribution in [2.24, 2.45) is 0 Å². The summed E-state index contributed by atoms with van der Waals surface area (Å²) in [6.45, 7) is 5.71. The molecule has 6 nitrogen and oxygen atoms in total. The first-order valence-corrected chi connectivity index (χ1v) is 8.23. The van der Waals surface area contributed by atoms with Crippen LogP contribution in [-0.2, 0) is 4.79 Å². The lowest BCUT2D eigenvalue weighted by Crippen LogP contribution is -2.41. The summed E-state index contributed by atoms with van der Waals surface area (Å²) in [7, 11) is 1.69. The Bertz CT molecular complexity index is 845. The number of carbonyl (C=O) groups is 2. The van der Waals surface area contributed by atoms with Crippen molar-refractivity contribution in [1.29, 1.82) is 0 Å². The predicted molar refractivity (Wildman–Crippen MR) is 100 cm³/mol. The average Bonchev–Trinajstić information content (AvgIpc) is 2.65. The number of ether oxygens (including phenoxy) is 2. The minimum atomic E-state index is -0.519. The first kappa shape index (κ1) is 17.5. The van der Waals surface area contributed by atoms with Gasteiger partial charge in [-0.05, 0) is 49.4 Å². The number of nitrogens with zero attached hydrogens (tertiary/aromatic N) is 1. The van der Waals surface area contributed by atoms with E-state index in [4.69, 9.17) is 9.47 Å². The van der Waals surface area contributed by atoms with Crippen LogP contribution < -0.4 is 19.7 Å². The van der Waals surface area contributed by atoms with Gasteiger partial charge in [0.05, 0.1) is 5.69 Å². The van der Waals surface area contributed by atoms with Crippen LogP contribution in [0.5, 0.6) is 11.5 Å². The third kappa shape index (κ3) is 3.54. The maximum absolute atomic E-state index is 12.4. The Morgan fingerprint density at radius 2 is 2.04 bits per heavy atom. The lowest BCUT2D eigenvalue weighted by molar-refractivity contribution is -0.125. The number of rotatable bonds is 5. The molecule has 0 unspecified atom stereocenters. The number of carbonyl (C=O) groups excluding carboxylic acids is 2. The molecule has 1 aliphatic rings. The van der Waals surface area contributed by atoms with Gasteiger partial charge in [-0.25, -0.2) is 0 Å². The molecule has 1 atom stereocenters. The van der Waals surface area contributed by atoms with E-state index in [1.54, 1.807) is 62.5 Å². The van der Waals surface area contributed by atoms with E-state index in [0.717, 1.165) is 0 Å². The van der Waals surface area contributed by atoms with Crippen molar-refractivity contribution in [3.63, 3.8) is 0 Å². The van der Waals surface area contributed by atoms with Gasteiger partial charge in [-0.2, -0.15) is 0 Å². The van der Waals surface area contributed by atoms with Crippen molar-refractivity contribution in [2.45, 2.75) is 13.0 Å². The molecular formula is C20H20N2O4. The second-order valence-electron chi connectivity index (χ2n) is 5.92. The van der Waals surface area contributed by atoms with E-state index in [2.05, 4.69) is 11.9 Å². The van der Waals surface area contributed by atoms with Gasteiger partial charge in [-0.15, -0.1) is 0 Å². The summed E-state index contributed by atoms with van der Waals surface area (Å²) in [5.74, 6) is 0.901. The molecule has 0 bridgehead atoms. The third-order valence-corrected chi connectivity index (χ3v) is 4.04. The van der Waals surface area contributed by atoms with Crippen LogP contribution in [0.1, 0.15) is 17.3 Å². The first-order chi connectivity index (χ1) is 12.5. The highest BCUT2D eigenvalue weighted by molar-refractivity contribution is 6.05. The topological polar surface area (TPSA) is 67.9 Å². The third-order valence-electron chi connectivity index (χ3n) is 4.04. The van der Waals surface area contributed by atoms with Gasteiger partial charge >= 0.3 is 0 Å². The zero-order chi connectivity index (χ0) is 18.7. The summed E-state index contributed by atoms with van der Waals surface area (Å²) in [4.78, 5) is 26.0. The number of hydrogen-bond donors (Lipinski definition) is 1. The van der Waals surface area contributed by atoms with Crippen molar-refractivity contribution in [2.75, 3.05) is 23.9 Å². The molecule has 2 aromatic carbocycles. The zero-order valence-electron chi connectivity index (χ0n) is 14.7. The highest BCUT2D eigenvalue weighted by atomic mass is 16.5. The van der Waals surface area contributed by atoms with Gasteiger partial charge in [0.15, 0.2) is 6.10 Å². The first-order valence-electron chi connectivity index (χ1n) is 8.23. The summed E-state index contributed by atoms with van der Waals surface area (Å²) in [5.41, 5.74) is 1.71. The predicted octanol–water partition coefficient (Wildman–Crippen LogP) is 3.25. The van der Waals surface area contributed by atoms with Gasteiger partial charge in [-0.3, -0.25) is 9.59 Å². The number of benzene rings is 2. The van der Waals surface area contributed by atoms with E-state index in [1.165, 1.54) is 4.90 Å². The van der Waals surface area contributed by atoms with Crippen LogP contribution >= 0.6 is 0 Å². The van der Waals surface area contributed by atoms with E-state index in [-0.39, 0.29) is 11.8 Å². The van der Waals surface area contributed by atoms with Crippen molar-refractivity contribution in [3.8, 4) is 11.5 Å². The van der Waals surface area contributed by atoms with Crippen molar-refractivity contribution in [3.05, 3.63) is 60.7 Å². The molecular weight excluding hydrogens is 332 g/mol. The van der Waals surface area contributed by atoms with E-state index in [1.807, 2.05) is 0 Å². The number of nitrogens with one attached hydrogen (secondary N) is 1. The highest BCUT2D eigenvalue weighted by Crippen LogP contribution is 2.35. The molecule has 134 valence electrons. The van der Waals surface area contributed by atoms with E-state index in [9.17, 15) is 9.59 Å². The average molecular weight is 352 g/mol. The van der Waals surface area contributed by atoms with Gasteiger partial charge in [0.1, 0.15) is 18.1 Å². The standard InChI is InChI=1S/C20H20N2O4/c1-4-11-25-16-8-5-14(6-9-16)19(23)21-15-7-10-18-17(12-15)22(3)20(24)13(2)26-18/h4-10,12-13H,1,11H2,2-3H3,(H,21,23)/t13-/m0/s1. The van der Waals surface area contributed by atoms with Gasteiger partial charge in [0.25, 0.3) is 11.8 Å².